The first-order valence-corrected chi connectivity index (χ1v) is 8.32. The van der Waals surface area contributed by atoms with E-state index in [1.165, 1.54) is 6.20 Å². The number of carboxylic acid groups (broad SMARTS) is 1. The Labute approximate surface area is 155 Å². The molecule has 7 nitrogen and oxygen atoms in total. The van der Waals surface area contributed by atoms with Crippen molar-refractivity contribution in [2.24, 2.45) is 0 Å². The first-order chi connectivity index (χ1) is 13.1. The van der Waals surface area contributed by atoms with E-state index in [4.69, 9.17) is 9.15 Å². The largest absolute Gasteiger partial charge is 0.480 e. The monoisotopic (exact) mass is 366 g/mol. The number of nitrogens with zero attached hydrogens (tertiary/aromatic N) is 1. The zero-order valence-electron chi connectivity index (χ0n) is 14.4. The van der Waals surface area contributed by atoms with E-state index >= 15 is 0 Å². The van der Waals surface area contributed by atoms with E-state index in [1.54, 1.807) is 12.1 Å². The number of ether oxygens (including phenoxy) is 1. The van der Waals surface area contributed by atoms with Gasteiger partial charge in [0.1, 0.15) is 12.6 Å². The Morgan fingerprint density at radius 3 is 2.41 bits per heavy atom. The highest BCUT2D eigenvalue weighted by Gasteiger charge is 2.23. The van der Waals surface area contributed by atoms with Gasteiger partial charge in [-0.05, 0) is 5.56 Å². The zero-order valence-corrected chi connectivity index (χ0v) is 14.4. The van der Waals surface area contributed by atoms with E-state index in [-0.39, 0.29) is 18.9 Å². The molecule has 1 aromatic heterocycles. The molecule has 0 radical (unpaired) electrons. The molecule has 0 fully saturated rings. The average molecular weight is 366 g/mol. The van der Waals surface area contributed by atoms with E-state index in [2.05, 4.69) is 10.3 Å². The normalized spacial score (nSPS) is 11.6. The number of aliphatic carboxylic acids is 1. The summed E-state index contributed by atoms with van der Waals surface area (Å²) in [5, 5.41) is 11.7. The second-order valence-electron chi connectivity index (χ2n) is 5.79. The summed E-state index contributed by atoms with van der Waals surface area (Å²) in [6.45, 7) is 0.0518. The molecule has 0 saturated carbocycles. The number of rotatable bonds is 7. The van der Waals surface area contributed by atoms with Gasteiger partial charge in [0.25, 0.3) is 0 Å². The van der Waals surface area contributed by atoms with Crippen molar-refractivity contribution in [1.29, 1.82) is 0 Å². The number of hydrogen-bond acceptors (Lipinski definition) is 5. The van der Waals surface area contributed by atoms with Crippen molar-refractivity contribution >= 4 is 12.1 Å². The number of amides is 1. The van der Waals surface area contributed by atoms with Crippen LogP contribution in [-0.2, 0) is 22.6 Å². The molecule has 0 unspecified atom stereocenters. The summed E-state index contributed by atoms with van der Waals surface area (Å²) in [4.78, 5) is 27.4. The van der Waals surface area contributed by atoms with E-state index < -0.39 is 18.1 Å². The number of benzene rings is 2. The highest BCUT2D eigenvalue weighted by atomic mass is 16.5. The van der Waals surface area contributed by atoms with Crippen molar-refractivity contribution in [2.75, 3.05) is 0 Å². The molecular weight excluding hydrogens is 348 g/mol. The van der Waals surface area contributed by atoms with Crippen LogP contribution in [0.1, 0.15) is 11.5 Å². The van der Waals surface area contributed by atoms with Crippen LogP contribution in [0.5, 0.6) is 0 Å². The summed E-state index contributed by atoms with van der Waals surface area (Å²) in [5.41, 5.74) is 1.64. The lowest BCUT2D eigenvalue weighted by Crippen LogP contribution is -2.42. The molecule has 3 aromatic rings. The molecule has 138 valence electrons. The van der Waals surface area contributed by atoms with Crippen LogP contribution in [0.25, 0.3) is 11.3 Å². The van der Waals surface area contributed by atoms with Crippen LogP contribution in [0, 0.1) is 0 Å². The smallest absolute Gasteiger partial charge is 0.408 e. The predicted molar refractivity (Wildman–Crippen MR) is 96.8 cm³/mol. The van der Waals surface area contributed by atoms with Gasteiger partial charge in [0.15, 0.2) is 11.7 Å². The van der Waals surface area contributed by atoms with E-state index in [0.29, 0.717) is 5.76 Å². The van der Waals surface area contributed by atoms with E-state index in [1.807, 2.05) is 48.5 Å². The standard InChI is InChI=1S/C20H18N2O5/c23-19(24)16(22-20(25)26-13-14-7-3-1-4-8-14)11-18-21-12-17(27-18)15-9-5-2-6-10-15/h1-10,12,16H,11,13H2,(H,22,25)(H,23,24)/t16-/m0/s1. The molecule has 2 N–H and O–H groups in total. The molecule has 27 heavy (non-hydrogen) atoms. The minimum atomic E-state index is -1.21. The van der Waals surface area contributed by atoms with Crippen LogP contribution in [0.4, 0.5) is 4.79 Å². The Kier molecular flexibility index (Phi) is 5.84. The molecule has 1 heterocycles. The maximum Gasteiger partial charge on any atom is 0.408 e. The molecule has 0 bridgehead atoms. The lowest BCUT2D eigenvalue weighted by Gasteiger charge is -2.13. The molecule has 1 atom stereocenters. The quantitative estimate of drug-likeness (QED) is 0.665. The number of nitrogens with one attached hydrogen (secondary N) is 1. The Hall–Kier alpha value is -3.61. The van der Waals surface area contributed by atoms with Gasteiger partial charge in [-0.1, -0.05) is 60.7 Å². The minimum Gasteiger partial charge on any atom is -0.480 e. The fourth-order valence-electron chi connectivity index (χ4n) is 2.42. The third-order valence-electron chi connectivity index (χ3n) is 3.79. The zero-order chi connectivity index (χ0) is 19.1. The number of oxazole rings is 1. The molecule has 3 rings (SSSR count). The molecule has 0 aliphatic heterocycles. The number of carbonyl (C=O) groups is 2. The molecule has 0 aliphatic rings. The van der Waals surface area contributed by atoms with Gasteiger partial charge in [0.2, 0.25) is 0 Å². The summed E-state index contributed by atoms with van der Waals surface area (Å²) < 4.78 is 10.7. The first-order valence-electron chi connectivity index (χ1n) is 8.32. The van der Waals surface area contributed by atoms with Crippen molar-refractivity contribution in [3.8, 4) is 11.3 Å². The average Bonchev–Trinajstić information content (AvgIpc) is 3.16. The number of alkyl carbamates (subject to hydrolysis) is 1. The topological polar surface area (TPSA) is 102 Å². The number of carboxylic acids is 1. The molecule has 7 heteroatoms. The van der Waals surface area contributed by atoms with Crippen molar-refractivity contribution < 1.29 is 23.8 Å². The summed E-state index contributed by atoms with van der Waals surface area (Å²) in [7, 11) is 0. The molecule has 2 aromatic carbocycles. The fraction of sp³-hybridized carbons (Fsp3) is 0.150. The van der Waals surface area contributed by atoms with Crippen molar-refractivity contribution in [1.82, 2.24) is 10.3 Å². The number of carbonyl (C=O) groups excluding carboxylic acids is 1. The van der Waals surface area contributed by atoms with Gasteiger partial charge in [-0.3, -0.25) is 0 Å². The summed E-state index contributed by atoms with van der Waals surface area (Å²) in [6, 6.07) is 17.2. The van der Waals surface area contributed by atoms with Crippen LogP contribution < -0.4 is 5.32 Å². The van der Waals surface area contributed by atoms with Crippen LogP contribution in [0.2, 0.25) is 0 Å². The van der Waals surface area contributed by atoms with Gasteiger partial charge in [-0.15, -0.1) is 0 Å². The number of aromatic nitrogens is 1. The molecule has 0 aliphatic carbocycles. The van der Waals surface area contributed by atoms with Gasteiger partial charge >= 0.3 is 12.1 Å². The summed E-state index contributed by atoms with van der Waals surface area (Å²) >= 11 is 0. The first kappa shape index (κ1) is 18.2. The van der Waals surface area contributed by atoms with Gasteiger partial charge in [-0.2, -0.15) is 0 Å². The third kappa shape index (κ3) is 5.18. The highest BCUT2D eigenvalue weighted by Crippen LogP contribution is 2.20. The lowest BCUT2D eigenvalue weighted by atomic mass is 10.2. The van der Waals surface area contributed by atoms with Crippen LogP contribution in [0.15, 0.2) is 71.3 Å². The van der Waals surface area contributed by atoms with E-state index in [0.717, 1.165) is 11.1 Å². The van der Waals surface area contributed by atoms with Gasteiger partial charge in [0, 0.05) is 5.56 Å². The molecule has 0 saturated heterocycles. The molecule has 0 spiro atoms. The second-order valence-corrected chi connectivity index (χ2v) is 5.79. The fourth-order valence-corrected chi connectivity index (χ4v) is 2.42. The number of hydrogen-bond donors (Lipinski definition) is 2. The molecule has 1 amide bonds. The SMILES string of the molecule is O=C(N[C@@H](Cc1ncc(-c2ccccc2)o1)C(=O)O)OCc1ccccc1. The van der Waals surface area contributed by atoms with Gasteiger partial charge in [0.05, 0.1) is 12.6 Å². The van der Waals surface area contributed by atoms with E-state index in [9.17, 15) is 14.7 Å². The van der Waals surface area contributed by atoms with Crippen molar-refractivity contribution in [3.05, 3.63) is 78.3 Å². The molecular formula is C20H18N2O5. The van der Waals surface area contributed by atoms with Crippen LogP contribution >= 0.6 is 0 Å². The summed E-state index contributed by atoms with van der Waals surface area (Å²) in [6.07, 6.45) is 0.612. The predicted octanol–water partition coefficient (Wildman–Crippen LogP) is 3.26. The second kappa shape index (κ2) is 8.66. The Bertz CT molecular complexity index is 893. The third-order valence-corrected chi connectivity index (χ3v) is 3.79. The summed E-state index contributed by atoms with van der Waals surface area (Å²) in [5.74, 6) is -0.461. The maximum absolute atomic E-state index is 11.9. The minimum absolute atomic E-state index is 0.0518. The lowest BCUT2D eigenvalue weighted by molar-refractivity contribution is -0.139. The van der Waals surface area contributed by atoms with Crippen molar-refractivity contribution in [3.63, 3.8) is 0 Å². The Morgan fingerprint density at radius 2 is 1.74 bits per heavy atom. The van der Waals surface area contributed by atoms with Crippen LogP contribution in [-0.4, -0.2) is 28.2 Å². The Morgan fingerprint density at radius 1 is 1.07 bits per heavy atom. The van der Waals surface area contributed by atoms with Gasteiger partial charge < -0.3 is 19.6 Å². The Balaban J connectivity index is 1.58. The maximum atomic E-state index is 11.9. The van der Waals surface area contributed by atoms with Crippen molar-refractivity contribution in [2.45, 2.75) is 19.1 Å². The van der Waals surface area contributed by atoms with Crippen LogP contribution in [0.3, 0.4) is 0 Å². The highest BCUT2D eigenvalue weighted by molar-refractivity contribution is 5.80. The van der Waals surface area contributed by atoms with Gasteiger partial charge in [-0.25, -0.2) is 14.6 Å².